The lowest BCUT2D eigenvalue weighted by molar-refractivity contribution is -0.135. The normalized spacial score (nSPS) is 20.5. The fourth-order valence-electron chi connectivity index (χ4n) is 3.85. The van der Waals surface area contributed by atoms with Crippen molar-refractivity contribution in [3.63, 3.8) is 0 Å². The Kier molecular flexibility index (Phi) is 5.08. The minimum Gasteiger partial charge on any atom is -0.472 e. The number of nitrogens with zero attached hydrogens (tertiary/aromatic N) is 4. The van der Waals surface area contributed by atoms with Gasteiger partial charge in [0.2, 0.25) is 5.91 Å². The molecule has 4 rings (SSSR count). The molecule has 1 saturated heterocycles. The number of carbonyl (C=O) groups is 1. The maximum atomic E-state index is 12.1. The summed E-state index contributed by atoms with van der Waals surface area (Å²) in [4.78, 5) is 21.0. The summed E-state index contributed by atoms with van der Waals surface area (Å²) in [6, 6.07) is 2.24. The van der Waals surface area contributed by atoms with Crippen LogP contribution in [0.2, 0.25) is 0 Å². The van der Waals surface area contributed by atoms with Crippen LogP contribution in [-0.4, -0.2) is 51.5 Å². The Labute approximate surface area is 153 Å². The van der Waals surface area contributed by atoms with Crippen LogP contribution in [0.3, 0.4) is 0 Å². The van der Waals surface area contributed by atoms with Crippen molar-refractivity contribution < 1.29 is 13.9 Å². The number of hydrogen-bond acceptors (Lipinski definition) is 5. The molecule has 0 aliphatic carbocycles. The molecule has 0 saturated carbocycles. The molecule has 0 N–H and O–H groups in total. The smallest absolute Gasteiger partial charge is 0.248 e. The largest absolute Gasteiger partial charge is 0.472 e. The number of carbonyl (C=O) groups excluding carboxylic acids is 1. The molecule has 7 nitrogen and oxygen atoms in total. The van der Waals surface area contributed by atoms with Gasteiger partial charge in [0.25, 0.3) is 0 Å². The lowest BCUT2D eigenvalue weighted by Gasteiger charge is -2.34. The summed E-state index contributed by atoms with van der Waals surface area (Å²) in [5.41, 5.74) is 2.23. The molecule has 2 aromatic heterocycles. The van der Waals surface area contributed by atoms with E-state index < -0.39 is 0 Å². The third kappa shape index (κ3) is 3.54. The van der Waals surface area contributed by atoms with E-state index in [-0.39, 0.29) is 18.6 Å². The Morgan fingerprint density at radius 3 is 2.92 bits per heavy atom. The van der Waals surface area contributed by atoms with Crippen LogP contribution in [0.15, 0.2) is 29.2 Å². The van der Waals surface area contributed by atoms with Crippen molar-refractivity contribution in [3.8, 4) is 0 Å². The van der Waals surface area contributed by atoms with Gasteiger partial charge in [0, 0.05) is 38.3 Å². The van der Waals surface area contributed by atoms with Gasteiger partial charge in [-0.3, -0.25) is 9.69 Å². The van der Waals surface area contributed by atoms with Crippen LogP contribution >= 0.6 is 0 Å². The van der Waals surface area contributed by atoms with Gasteiger partial charge in [-0.2, -0.15) is 0 Å². The van der Waals surface area contributed by atoms with Crippen LogP contribution < -0.4 is 0 Å². The van der Waals surface area contributed by atoms with E-state index in [1.165, 1.54) is 5.56 Å². The summed E-state index contributed by atoms with van der Waals surface area (Å²) in [5, 5.41) is 0. The van der Waals surface area contributed by atoms with Crippen LogP contribution in [-0.2, 0) is 29.2 Å². The number of rotatable bonds is 6. The molecule has 140 valence electrons. The fourth-order valence-corrected chi connectivity index (χ4v) is 3.85. The van der Waals surface area contributed by atoms with Gasteiger partial charge < -0.3 is 18.6 Å². The van der Waals surface area contributed by atoms with Gasteiger partial charge >= 0.3 is 0 Å². The topological polar surface area (TPSA) is 63.7 Å². The van der Waals surface area contributed by atoms with E-state index in [4.69, 9.17) is 9.15 Å². The summed E-state index contributed by atoms with van der Waals surface area (Å²) < 4.78 is 13.1. The second-order valence-corrected chi connectivity index (χ2v) is 7.12. The highest BCUT2D eigenvalue weighted by Crippen LogP contribution is 2.27. The number of ether oxygens (including phenoxy) is 1. The molecule has 2 aliphatic heterocycles. The number of aromatic nitrogens is 2. The number of amides is 1. The average Bonchev–Trinajstić information content (AvgIpc) is 3.39. The average molecular weight is 358 g/mol. The van der Waals surface area contributed by atoms with Crippen LogP contribution in [0.5, 0.6) is 0 Å². The first kappa shape index (κ1) is 17.3. The summed E-state index contributed by atoms with van der Waals surface area (Å²) in [6.07, 6.45) is 7.60. The molecule has 0 spiro atoms. The van der Waals surface area contributed by atoms with Gasteiger partial charge in [0.15, 0.2) is 0 Å². The van der Waals surface area contributed by atoms with E-state index in [1.54, 1.807) is 12.5 Å². The van der Waals surface area contributed by atoms with Gasteiger partial charge in [-0.25, -0.2) is 4.98 Å². The monoisotopic (exact) mass is 358 g/mol. The summed E-state index contributed by atoms with van der Waals surface area (Å²) >= 11 is 0. The molecule has 1 atom stereocenters. The van der Waals surface area contributed by atoms with Crippen molar-refractivity contribution in [2.75, 3.05) is 26.2 Å². The Balaban J connectivity index is 1.33. The van der Waals surface area contributed by atoms with Crippen LogP contribution in [0.25, 0.3) is 0 Å². The molecule has 0 aromatic carbocycles. The molecule has 1 unspecified atom stereocenters. The Morgan fingerprint density at radius 1 is 1.31 bits per heavy atom. The first-order valence-corrected chi connectivity index (χ1v) is 9.37. The number of furan rings is 1. The van der Waals surface area contributed by atoms with Gasteiger partial charge in [0.05, 0.1) is 37.1 Å². The molecule has 0 bridgehead atoms. The zero-order chi connectivity index (χ0) is 17.9. The molecule has 2 aromatic rings. The van der Waals surface area contributed by atoms with Crippen molar-refractivity contribution in [3.05, 3.63) is 41.9 Å². The molecule has 1 fully saturated rings. The van der Waals surface area contributed by atoms with E-state index in [1.807, 2.05) is 17.2 Å². The molecule has 7 heteroatoms. The zero-order valence-corrected chi connectivity index (χ0v) is 15.3. The maximum absolute atomic E-state index is 12.1. The van der Waals surface area contributed by atoms with Crippen LogP contribution in [0.1, 0.15) is 42.9 Å². The van der Waals surface area contributed by atoms with Gasteiger partial charge in [-0.15, -0.1) is 0 Å². The van der Waals surface area contributed by atoms with Crippen LogP contribution in [0, 0.1) is 0 Å². The van der Waals surface area contributed by atoms with Crippen LogP contribution in [0.4, 0.5) is 0 Å². The van der Waals surface area contributed by atoms with E-state index in [9.17, 15) is 4.79 Å². The quantitative estimate of drug-likeness (QED) is 0.792. The second-order valence-electron chi connectivity index (χ2n) is 7.12. The SMILES string of the molecule is CC1c2ncc(COCC(=O)N3CCCC3)n2CCN1Cc1ccoc1. The minimum atomic E-state index is 0.0977. The summed E-state index contributed by atoms with van der Waals surface area (Å²) in [7, 11) is 0. The van der Waals surface area contributed by atoms with Crippen molar-refractivity contribution in [2.24, 2.45) is 0 Å². The Hall–Kier alpha value is -2.12. The highest BCUT2D eigenvalue weighted by atomic mass is 16.5. The molecule has 2 aliphatic rings. The molecule has 4 heterocycles. The number of likely N-dealkylation sites (tertiary alicyclic amines) is 1. The van der Waals surface area contributed by atoms with E-state index in [0.29, 0.717) is 6.61 Å². The Morgan fingerprint density at radius 2 is 2.15 bits per heavy atom. The molecular formula is C19H26N4O3. The van der Waals surface area contributed by atoms with Crippen molar-refractivity contribution in [1.82, 2.24) is 19.4 Å². The zero-order valence-electron chi connectivity index (χ0n) is 15.3. The predicted molar refractivity (Wildman–Crippen MR) is 95.2 cm³/mol. The first-order valence-electron chi connectivity index (χ1n) is 9.37. The second kappa shape index (κ2) is 7.63. The number of fused-ring (bicyclic) bond motifs is 1. The van der Waals surface area contributed by atoms with Crippen molar-refractivity contribution >= 4 is 5.91 Å². The molecule has 1 amide bonds. The third-order valence-corrected chi connectivity index (χ3v) is 5.40. The third-order valence-electron chi connectivity index (χ3n) is 5.40. The standard InChI is InChI=1S/C19H26N4O3/c1-15-19-20-10-17(13-26-14-18(24)21-5-2-3-6-21)23(19)8-7-22(15)11-16-4-9-25-12-16/h4,9-10,12,15H,2-3,5-8,11,13-14H2,1H3. The highest BCUT2D eigenvalue weighted by molar-refractivity contribution is 5.77. The highest BCUT2D eigenvalue weighted by Gasteiger charge is 2.27. The van der Waals surface area contributed by atoms with Gasteiger partial charge in [-0.05, 0) is 25.8 Å². The lowest BCUT2D eigenvalue weighted by atomic mass is 10.2. The Bertz CT molecular complexity index is 734. The van der Waals surface area contributed by atoms with Crippen molar-refractivity contribution in [2.45, 2.75) is 45.5 Å². The fraction of sp³-hybridized carbons (Fsp3) is 0.579. The van der Waals surface area contributed by atoms with Crippen molar-refractivity contribution in [1.29, 1.82) is 0 Å². The number of imidazole rings is 1. The predicted octanol–water partition coefficient (Wildman–Crippen LogP) is 2.19. The summed E-state index contributed by atoms with van der Waals surface area (Å²) in [6.45, 7) is 7.21. The first-order chi connectivity index (χ1) is 12.7. The van der Waals surface area contributed by atoms with E-state index >= 15 is 0 Å². The molecular weight excluding hydrogens is 332 g/mol. The van der Waals surface area contributed by atoms with Gasteiger partial charge in [-0.1, -0.05) is 0 Å². The van der Waals surface area contributed by atoms with Gasteiger partial charge in [0.1, 0.15) is 12.4 Å². The minimum absolute atomic E-state index is 0.0977. The maximum Gasteiger partial charge on any atom is 0.248 e. The van der Waals surface area contributed by atoms with E-state index in [0.717, 1.165) is 57.1 Å². The van der Waals surface area contributed by atoms with E-state index in [2.05, 4.69) is 21.4 Å². The molecule has 0 radical (unpaired) electrons. The summed E-state index contributed by atoms with van der Waals surface area (Å²) in [5.74, 6) is 1.16. The number of hydrogen-bond donors (Lipinski definition) is 0. The lowest BCUT2D eigenvalue weighted by Crippen LogP contribution is -2.37. The molecule has 26 heavy (non-hydrogen) atoms.